The van der Waals surface area contributed by atoms with Gasteiger partial charge in [-0.3, -0.25) is 13.7 Å². The minimum Gasteiger partial charge on any atom is -0.744 e. The van der Waals surface area contributed by atoms with Gasteiger partial charge < -0.3 is 13.7 Å². The molecule has 8 rings (SSSR count). The fourth-order valence-corrected chi connectivity index (χ4v) is 9.43. The molecule has 24 heteroatoms. The predicted molar refractivity (Wildman–Crippen MR) is 325 cm³/mol. The van der Waals surface area contributed by atoms with Crippen LogP contribution in [-0.4, -0.2) is 77.8 Å². The van der Waals surface area contributed by atoms with Crippen molar-refractivity contribution in [2.24, 2.45) is 0 Å². The van der Waals surface area contributed by atoms with Gasteiger partial charge in [0.15, 0.2) is 0 Å². The van der Waals surface area contributed by atoms with E-state index in [-0.39, 0.29) is 29.4 Å². The van der Waals surface area contributed by atoms with Gasteiger partial charge in [0.1, 0.15) is 30.4 Å². The lowest BCUT2D eigenvalue weighted by atomic mass is 10.2. The second kappa shape index (κ2) is 39.0. The molecule has 0 aliphatic carbocycles. The van der Waals surface area contributed by atoms with Gasteiger partial charge in [-0.25, -0.2) is 25.3 Å². The average Bonchev–Trinajstić information content (AvgIpc) is 3.59. The molecule has 0 saturated carbocycles. The van der Waals surface area contributed by atoms with Gasteiger partial charge in [0, 0.05) is 0 Å². The molecule has 0 radical (unpaired) electrons. The van der Waals surface area contributed by atoms with Gasteiger partial charge in [-0.05, 0) is 144 Å². The van der Waals surface area contributed by atoms with Gasteiger partial charge >= 0.3 is 0 Å². The number of rotatable bonds is 6. The lowest BCUT2D eigenvalue weighted by Crippen LogP contribution is -2.00. The lowest BCUT2D eigenvalue weighted by Gasteiger charge is -2.08. The summed E-state index contributed by atoms with van der Waals surface area (Å²) in [7, 11) is -24.9. The van der Waals surface area contributed by atoms with Gasteiger partial charge in [-0.1, -0.05) is 190 Å². The molecule has 0 aliphatic heterocycles. The summed E-state index contributed by atoms with van der Waals surface area (Å²) in [6, 6.07) is 56.8. The van der Waals surface area contributed by atoms with Gasteiger partial charge in [0.05, 0.1) is 29.4 Å². The van der Waals surface area contributed by atoms with E-state index in [0.29, 0.717) is 11.1 Å². The van der Waals surface area contributed by atoms with Crippen LogP contribution in [0.3, 0.4) is 0 Å². The molecule has 0 heterocycles. The molecule has 0 aromatic heterocycles. The van der Waals surface area contributed by atoms with E-state index in [0.717, 1.165) is 22.3 Å². The molecule has 0 fully saturated rings. The van der Waals surface area contributed by atoms with Crippen LogP contribution in [0.1, 0.15) is 72.2 Å². The van der Waals surface area contributed by atoms with Gasteiger partial charge in [0.2, 0.25) is 0 Å². The molecular weight excluding hydrogens is 1200 g/mol. The van der Waals surface area contributed by atoms with Crippen LogP contribution in [0.2, 0.25) is 0 Å². The third kappa shape index (κ3) is 36.0. The fraction of sp³-hybridized carbons (Fsp3) is 0.200. The zero-order valence-electron chi connectivity index (χ0n) is 48.5. The van der Waals surface area contributed by atoms with Crippen LogP contribution in [0.5, 0.6) is 0 Å². The van der Waals surface area contributed by atoms with Crippen LogP contribution >= 0.6 is 0 Å². The number of hydrogen-bond donors (Lipinski definition) is 3. The monoisotopic (exact) mass is 1270 g/mol. The maximum Gasteiger partial charge on any atom is 0.294 e. The summed E-state index contributed by atoms with van der Waals surface area (Å²) in [5, 5.41) is 0. The van der Waals surface area contributed by atoms with Crippen LogP contribution in [0.15, 0.2) is 236 Å². The summed E-state index contributed by atoms with van der Waals surface area (Å²) in [4.78, 5) is -0.629. The summed E-state index contributed by atoms with van der Waals surface area (Å²) in [6.07, 6.45) is 0. The van der Waals surface area contributed by atoms with Crippen LogP contribution in [-0.2, 0) is 60.7 Å². The first-order valence-electron chi connectivity index (χ1n) is 25.0. The Balaban J connectivity index is 0. The molecule has 0 bridgehead atoms. The van der Waals surface area contributed by atoms with Crippen molar-refractivity contribution in [1.29, 1.82) is 0 Å². The standard InChI is InChI=1S/6C7H8O3S.2C7H8.2C2H6/c1-6-2-4-7(5-3-6)11(8,9)10;3*1-6-3-2-4-7(5-6)11(8,9)10;2*1-6-4-2-3-5-7(6)11(8,9)10;2*1-7-5-3-2-4-6-7;2*1-2/h6*2-5H,1H3,(H,8,9,10);2*2-6H,1H3;2*1-2H3/p-3. The summed E-state index contributed by atoms with van der Waals surface area (Å²) < 4.78 is 183. The van der Waals surface area contributed by atoms with E-state index in [1.165, 1.54) is 77.9 Å². The number of benzene rings is 8. The number of hydrogen-bond acceptors (Lipinski definition) is 15. The van der Waals surface area contributed by atoms with Crippen molar-refractivity contribution in [3.8, 4) is 0 Å². The van der Waals surface area contributed by atoms with Crippen molar-refractivity contribution >= 4 is 60.7 Å². The molecule has 0 unspecified atom stereocenters. The first-order chi connectivity index (χ1) is 38.8. The zero-order chi connectivity index (χ0) is 65.1. The Morgan fingerprint density at radius 2 is 0.512 bits per heavy atom. The quantitative estimate of drug-likeness (QED) is 0.130. The molecule has 0 atom stereocenters. The minimum absolute atomic E-state index is 0.0278. The topological polar surface area (TPSA) is 335 Å². The van der Waals surface area contributed by atoms with Gasteiger partial charge in [-0.2, -0.15) is 25.3 Å². The highest BCUT2D eigenvalue weighted by Crippen LogP contribution is 2.15. The van der Waals surface area contributed by atoms with Crippen LogP contribution in [0, 0.1) is 55.4 Å². The number of aryl methyl sites for hydroxylation is 8. The highest BCUT2D eigenvalue weighted by atomic mass is 32.2. The van der Waals surface area contributed by atoms with Crippen LogP contribution in [0.4, 0.5) is 0 Å². The molecule has 8 aromatic carbocycles. The molecule has 460 valence electrons. The fourth-order valence-electron chi connectivity index (χ4n) is 5.78. The smallest absolute Gasteiger partial charge is 0.294 e. The highest BCUT2D eigenvalue weighted by Gasteiger charge is 2.11. The zero-order valence-corrected chi connectivity index (χ0v) is 53.4. The Kier molecular flexibility index (Phi) is 36.8. The Hall–Kier alpha value is -6.78. The molecular formula is C60H73O18S6-3. The van der Waals surface area contributed by atoms with Crippen LogP contribution < -0.4 is 0 Å². The van der Waals surface area contributed by atoms with E-state index in [1.807, 2.05) is 71.0 Å². The van der Waals surface area contributed by atoms with E-state index in [2.05, 4.69) is 38.1 Å². The summed E-state index contributed by atoms with van der Waals surface area (Å²) >= 11 is 0. The first-order valence-corrected chi connectivity index (χ1v) is 33.6. The van der Waals surface area contributed by atoms with Crippen molar-refractivity contribution in [2.45, 2.75) is 112 Å². The van der Waals surface area contributed by atoms with E-state index >= 15 is 0 Å². The predicted octanol–water partition coefficient (Wildman–Crippen LogP) is 12.5. The average molecular weight is 1270 g/mol. The summed E-state index contributed by atoms with van der Waals surface area (Å²) in [5.74, 6) is 0. The largest absolute Gasteiger partial charge is 0.744 e. The van der Waals surface area contributed by atoms with E-state index in [9.17, 15) is 64.2 Å². The summed E-state index contributed by atoms with van der Waals surface area (Å²) in [6.45, 7) is 22.4. The molecule has 0 saturated heterocycles. The van der Waals surface area contributed by atoms with Crippen molar-refractivity contribution in [2.75, 3.05) is 0 Å². The van der Waals surface area contributed by atoms with E-state index in [1.54, 1.807) is 113 Å². The maximum absolute atomic E-state index is 10.6. The molecule has 0 aliphatic rings. The first kappa shape index (κ1) is 79.3. The second-order valence-electron chi connectivity index (χ2n) is 16.9. The van der Waals surface area contributed by atoms with Gasteiger partial charge in [-0.15, -0.1) is 0 Å². The molecule has 84 heavy (non-hydrogen) atoms. The van der Waals surface area contributed by atoms with Crippen LogP contribution in [0.25, 0.3) is 0 Å². The Bertz CT molecular complexity index is 3610. The van der Waals surface area contributed by atoms with Crippen molar-refractivity contribution in [3.05, 3.63) is 251 Å². The van der Waals surface area contributed by atoms with Crippen molar-refractivity contribution in [1.82, 2.24) is 0 Å². The second-order valence-corrected chi connectivity index (χ2v) is 25.2. The van der Waals surface area contributed by atoms with Gasteiger partial charge in [0.25, 0.3) is 30.4 Å². The minimum atomic E-state index is -4.28. The molecule has 0 spiro atoms. The third-order valence-electron chi connectivity index (χ3n) is 9.78. The molecule has 8 aromatic rings. The normalized spacial score (nSPS) is 10.6. The third-order valence-corrected chi connectivity index (χ3v) is 15.2. The van der Waals surface area contributed by atoms with E-state index in [4.69, 9.17) is 13.7 Å². The SMILES string of the molecule is CC.CC.Cc1ccc(S(=O)(=O)O)cc1.Cc1cccc(S(=O)(=O)O)c1.Cc1cccc(S(=O)(=O)[O-])c1.Cc1cccc(S(=O)(=O)[O-])c1.Cc1ccccc1.Cc1ccccc1.Cc1ccccc1S(=O)(=O)O.Cc1ccccc1S(=O)(=O)[O-]. The van der Waals surface area contributed by atoms with Crippen molar-refractivity contribution in [3.63, 3.8) is 0 Å². The summed E-state index contributed by atoms with van der Waals surface area (Å²) in [5.41, 5.74) is 6.98. The Morgan fingerprint density at radius 3 is 0.714 bits per heavy atom. The van der Waals surface area contributed by atoms with Crippen molar-refractivity contribution < 1.29 is 77.8 Å². The molecule has 0 amide bonds. The lowest BCUT2D eigenvalue weighted by molar-refractivity contribution is 0.460. The maximum atomic E-state index is 10.6. The Morgan fingerprint density at radius 1 is 0.250 bits per heavy atom. The molecule has 18 nitrogen and oxygen atoms in total. The molecule has 3 N–H and O–H groups in total. The van der Waals surface area contributed by atoms with E-state index < -0.39 is 60.7 Å². The Labute approximate surface area is 498 Å². The highest BCUT2D eigenvalue weighted by molar-refractivity contribution is 7.87.